The molecule has 1 aromatic rings. The van der Waals surface area contributed by atoms with Gasteiger partial charge >= 0.3 is 0 Å². The van der Waals surface area contributed by atoms with Crippen LogP contribution in [0.1, 0.15) is 36.5 Å². The maximum atomic E-state index is 13.9. The lowest BCUT2D eigenvalue weighted by atomic mass is 10.1. The lowest BCUT2D eigenvalue weighted by Gasteiger charge is -2.19. The Labute approximate surface area is 135 Å². The monoisotopic (exact) mass is 340 g/mol. The Kier molecular flexibility index (Phi) is 4.18. The molecule has 0 unspecified atom stereocenters. The van der Waals surface area contributed by atoms with Crippen LogP contribution in [0, 0.1) is 5.82 Å². The fourth-order valence-electron chi connectivity index (χ4n) is 3.25. The number of hydrogen-bond acceptors (Lipinski definition) is 4. The van der Waals surface area contributed by atoms with Gasteiger partial charge in [0.15, 0.2) is 9.84 Å². The highest BCUT2D eigenvalue weighted by atomic mass is 32.2. The lowest BCUT2D eigenvalue weighted by Crippen LogP contribution is -2.38. The first-order valence-corrected chi connectivity index (χ1v) is 9.71. The molecule has 1 aliphatic carbocycles. The number of rotatable bonds is 4. The Bertz CT molecular complexity index is 731. The fourth-order valence-corrected chi connectivity index (χ4v) is 3.90. The molecule has 1 N–H and O–H groups in total. The number of carbonyl (C=O) groups is 1. The van der Waals surface area contributed by atoms with Gasteiger partial charge in [-0.3, -0.25) is 9.69 Å². The summed E-state index contributed by atoms with van der Waals surface area (Å²) in [6.07, 6.45) is 4.27. The number of amides is 1. The number of nitrogens with one attached hydrogen (secondary N) is 1. The first-order chi connectivity index (χ1) is 10.8. The van der Waals surface area contributed by atoms with E-state index in [0.29, 0.717) is 12.1 Å². The van der Waals surface area contributed by atoms with Gasteiger partial charge in [0.05, 0.1) is 10.5 Å². The van der Waals surface area contributed by atoms with Crippen LogP contribution < -0.4 is 5.32 Å². The molecule has 1 aliphatic heterocycles. The van der Waals surface area contributed by atoms with Crippen molar-refractivity contribution in [2.75, 3.05) is 12.8 Å². The summed E-state index contributed by atoms with van der Waals surface area (Å²) in [6.45, 7) is 2.90. The predicted octanol–water partition coefficient (Wildman–Crippen LogP) is 1.58. The molecule has 5 nitrogen and oxygen atoms in total. The van der Waals surface area contributed by atoms with Crippen molar-refractivity contribution in [1.82, 2.24) is 10.2 Å². The van der Waals surface area contributed by atoms with Crippen molar-refractivity contribution in [2.24, 2.45) is 0 Å². The summed E-state index contributed by atoms with van der Waals surface area (Å²) in [5.74, 6) is -1.26. The van der Waals surface area contributed by atoms with E-state index in [1.54, 1.807) is 0 Å². The number of benzene rings is 1. The summed E-state index contributed by atoms with van der Waals surface area (Å²) in [5.41, 5.74) is -0.217. The third-order valence-electron chi connectivity index (χ3n) is 4.58. The highest BCUT2D eigenvalue weighted by molar-refractivity contribution is 7.90. The molecule has 23 heavy (non-hydrogen) atoms. The maximum Gasteiger partial charge on any atom is 0.254 e. The van der Waals surface area contributed by atoms with Gasteiger partial charge in [-0.2, -0.15) is 0 Å². The number of likely N-dealkylation sites (tertiary alicyclic amines) is 1. The minimum atomic E-state index is -3.48. The Morgan fingerprint density at radius 3 is 2.65 bits per heavy atom. The largest absolute Gasteiger partial charge is 0.348 e. The predicted molar refractivity (Wildman–Crippen MR) is 84.6 cm³/mol. The summed E-state index contributed by atoms with van der Waals surface area (Å²) in [7, 11) is -3.48. The maximum absolute atomic E-state index is 13.9. The van der Waals surface area contributed by atoms with Crippen LogP contribution in [0.2, 0.25) is 0 Å². The number of hydrogen-bond donors (Lipinski definition) is 1. The van der Waals surface area contributed by atoms with Crippen LogP contribution in [-0.2, 0) is 9.84 Å². The van der Waals surface area contributed by atoms with E-state index in [-0.39, 0.29) is 16.5 Å². The van der Waals surface area contributed by atoms with E-state index in [0.717, 1.165) is 31.4 Å². The minimum absolute atomic E-state index is 0.0283. The van der Waals surface area contributed by atoms with Crippen molar-refractivity contribution in [3.8, 4) is 0 Å². The first kappa shape index (κ1) is 16.4. The molecule has 2 aliphatic rings. The van der Waals surface area contributed by atoms with Crippen LogP contribution in [0.15, 0.2) is 23.1 Å². The van der Waals surface area contributed by atoms with E-state index in [1.807, 2.05) is 0 Å². The molecule has 1 aromatic carbocycles. The third kappa shape index (κ3) is 3.55. The smallest absolute Gasteiger partial charge is 0.254 e. The molecule has 1 amide bonds. The summed E-state index contributed by atoms with van der Waals surface area (Å²) in [5, 5.41) is 2.84. The van der Waals surface area contributed by atoms with Crippen LogP contribution >= 0.6 is 0 Å². The van der Waals surface area contributed by atoms with E-state index in [4.69, 9.17) is 0 Å². The lowest BCUT2D eigenvalue weighted by molar-refractivity contribution is 0.0933. The number of nitrogens with zero attached hydrogens (tertiary/aromatic N) is 1. The molecule has 7 heteroatoms. The molecule has 0 aromatic heterocycles. The second kappa shape index (κ2) is 5.87. The molecule has 0 bridgehead atoms. The fraction of sp³-hybridized carbons (Fsp3) is 0.562. The van der Waals surface area contributed by atoms with E-state index in [9.17, 15) is 17.6 Å². The zero-order chi connectivity index (χ0) is 16.8. The van der Waals surface area contributed by atoms with E-state index >= 15 is 0 Å². The van der Waals surface area contributed by atoms with Crippen LogP contribution in [-0.4, -0.2) is 50.2 Å². The normalized spacial score (nSPS) is 25.5. The molecule has 0 radical (unpaired) electrons. The van der Waals surface area contributed by atoms with Crippen molar-refractivity contribution in [3.05, 3.63) is 29.6 Å². The topological polar surface area (TPSA) is 66.5 Å². The molecule has 1 saturated heterocycles. The number of carbonyl (C=O) groups excluding carboxylic acids is 1. The van der Waals surface area contributed by atoms with Gasteiger partial charge in [-0.15, -0.1) is 0 Å². The van der Waals surface area contributed by atoms with E-state index < -0.39 is 21.6 Å². The Balaban J connectivity index is 1.73. The SMILES string of the molecule is C[C@@H]1C[C@H](NC(=O)c2cc(S(C)(=O)=O)ccc2F)CN1C1CC1. The standard InChI is InChI=1S/C16H21FN2O3S/c1-10-7-11(9-19(10)12-3-4-12)18-16(20)14-8-13(23(2,21)22)5-6-15(14)17/h5-6,8,10-12H,3-4,7,9H2,1-2H3,(H,18,20)/t10-,11+/m1/s1. The molecule has 126 valence electrons. The number of halogens is 1. The highest BCUT2D eigenvalue weighted by Gasteiger charge is 2.39. The van der Waals surface area contributed by atoms with Crippen LogP contribution in [0.4, 0.5) is 4.39 Å². The first-order valence-electron chi connectivity index (χ1n) is 7.82. The van der Waals surface area contributed by atoms with Crippen LogP contribution in [0.5, 0.6) is 0 Å². The molecule has 3 rings (SSSR count). The molecular weight excluding hydrogens is 319 g/mol. The van der Waals surface area contributed by atoms with Gasteiger partial charge < -0.3 is 5.32 Å². The molecule has 0 spiro atoms. The van der Waals surface area contributed by atoms with Gasteiger partial charge in [-0.1, -0.05) is 0 Å². The van der Waals surface area contributed by atoms with Gasteiger partial charge in [0.25, 0.3) is 5.91 Å². The van der Waals surface area contributed by atoms with Gasteiger partial charge in [0.1, 0.15) is 5.82 Å². The molecule has 2 fully saturated rings. The summed E-state index contributed by atoms with van der Waals surface area (Å²) >= 11 is 0. The van der Waals surface area contributed by atoms with Crippen molar-refractivity contribution < 1.29 is 17.6 Å². The summed E-state index contributed by atoms with van der Waals surface area (Å²) < 4.78 is 37.0. The average Bonchev–Trinajstić information content (AvgIpc) is 3.22. The van der Waals surface area contributed by atoms with Gasteiger partial charge in [0.2, 0.25) is 0 Å². The highest BCUT2D eigenvalue weighted by Crippen LogP contribution is 2.33. The molecular formula is C16H21FN2O3S. The summed E-state index contributed by atoms with van der Waals surface area (Å²) in [6, 6.07) is 4.31. The van der Waals surface area contributed by atoms with E-state index in [2.05, 4.69) is 17.1 Å². The summed E-state index contributed by atoms with van der Waals surface area (Å²) in [4.78, 5) is 14.7. The Morgan fingerprint density at radius 2 is 2.04 bits per heavy atom. The Morgan fingerprint density at radius 1 is 1.35 bits per heavy atom. The van der Waals surface area contributed by atoms with Gasteiger partial charge in [-0.25, -0.2) is 12.8 Å². The van der Waals surface area contributed by atoms with Crippen LogP contribution in [0.3, 0.4) is 0 Å². The third-order valence-corrected chi connectivity index (χ3v) is 5.69. The van der Waals surface area contributed by atoms with Crippen LogP contribution in [0.25, 0.3) is 0 Å². The number of sulfone groups is 1. The molecule has 1 saturated carbocycles. The minimum Gasteiger partial charge on any atom is -0.348 e. The molecule has 2 atom stereocenters. The van der Waals surface area contributed by atoms with Gasteiger partial charge in [0, 0.05) is 30.9 Å². The van der Waals surface area contributed by atoms with E-state index in [1.165, 1.54) is 18.9 Å². The second-order valence-electron chi connectivity index (χ2n) is 6.60. The average molecular weight is 340 g/mol. The quantitative estimate of drug-likeness (QED) is 0.845. The van der Waals surface area contributed by atoms with Crippen molar-refractivity contribution in [3.63, 3.8) is 0 Å². The van der Waals surface area contributed by atoms with Crippen molar-refractivity contribution in [1.29, 1.82) is 0 Å². The molecule has 1 heterocycles. The zero-order valence-electron chi connectivity index (χ0n) is 13.3. The van der Waals surface area contributed by atoms with Gasteiger partial charge in [-0.05, 0) is 44.4 Å². The van der Waals surface area contributed by atoms with Crippen molar-refractivity contribution in [2.45, 2.75) is 49.2 Å². The second-order valence-corrected chi connectivity index (χ2v) is 8.61. The zero-order valence-corrected chi connectivity index (χ0v) is 14.1. The Hall–Kier alpha value is -1.47. The van der Waals surface area contributed by atoms with Crippen molar-refractivity contribution >= 4 is 15.7 Å².